The van der Waals surface area contributed by atoms with E-state index in [1.54, 1.807) is 30.2 Å². The number of fused-ring (bicyclic) bond motifs is 1. The molecule has 0 aromatic heterocycles. The topological polar surface area (TPSA) is 105 Å². The molecule has 8 nitrogen and oxygen atoms in total. The molecule has 0 saturated carbocycles. The summed E-state index contributed by atoms with van der Waals surface area (Å²) < 4.78 is 32.0. The number of benzene rings is 3. The van der Waals surface area contributed by atoms with Crippen LogP contribution < -0.4 is 15.3 Å². The Hall–Kier alpha value is -3.14. The van der Waals surface area contributed by atoms with Crippen LogP contribution in [0.15, 0.2) is 65.6 Å². The van der Waals surface area contributed by atoms with Gasteiger partial charge >= 0.3 is 6.03 Å². The molecule has 0 radical (unpaired) electrons. The minimum Gasteiger partial charge on any atom is -0.497 e. The van der Waals surface area contributed by atoms with Crippen molar-refractivity contribution in [2.45, 2.75) is 37.8 Å². The van der Waals surface area contributed by atoms with Crippen LogP contribution in [0.1, 0.15) is 30.9 Å². The number of carbonyl (C=O) groups is 1. The van der Waals surface area contributed by atoms with Crippen molar-refractivity contribution < 1.29 is 17.9 Å². The number of carbonyl (C=O) groups excluding carboxylic acids is 1. The van der Waals surface area contributed by atoms with Gasteiger partial charge in [-0.25, -0.2) is 18.2 Å². The first kappa shape index (κ1) is 25.0. The number of urea groups is 1. The lowest BCUT2D eigenvalue weighted by molar-refractivity contribution is 0.124. The van der Waals surface area contributed by atoms with Crippen LogP contribution in [0.5, 0.6) is 5.75 Å². The fraction of sp³-hybridized carbons (Fsp3) is 0.346. The maximum Gasteiger partial charge on any atom is 0.335 e. The largest absolute Gasteiger partial charge is 0.497 e. The highest BCUT2D eigenvalue weighted by atomic mass is 32.2. The van der Waals surface area contributed by atoms with Crippen LogP contribution >= 0.6 is 0 Å². The van der Waals surface area contributed by atoms with E-state index in [9.17, 15) is 13.2 Å². The van der Waals surface area contributed by atoms with Gasteiger partial charge in [0, 0.05) is 19.6 Å². The second kappa shape index (κ2) is 10.6. The number of piperidine rings is 1. The molecule has 2 amide bonds. The van der Waals surface area contributed by atoms with Gasteiger partial charge in [0.05, 0.1) is 18.6 Å². The molecular formula is C26H32N4O4S. The zero-order chi connectivity index (χ0) is 25.0. The number of hydrogen-bond acceptors (Lipinski definition) is 5. The Labute approximate surface area is 206 Å². The van der Waals surface area contributed by atoms with Crippen LogP contribution in [0, 0.1) is 5.92 Å². The SMILES string of the molecule is COc1ccc2cc(S(=O)(=O)NN(Cc3cccc(CN)c3)C(=O)N3CCC(C)CC3)ccc2c1. The summed E-state index contributed by atoms with van der Waals surface area (Å²) in [7, 11) is -2.44. The van der Waals surface area contributed by atoms with E-state index in [2.05, 4.69) is 11.8 Å². The van der Waals surface area contributed by atoms with Crippen LogP contribution in [0.25, 0.3) is 10.8 Å². The molecule has 3 N–H and O–H groups in total. The molecule has 3 aromatic carbocycles. The van der Waals surface area contributed by atoms with Gasteiger partial charge in [-0.3, -0.25) is 0 Å². The average Bonchev–Trinajstić information content (AvgIpc) is 2.87. The summed E-state index contributed by atoms with van der Waals surface area (Å²) in [5, 5.41) is 2.81. The van der Waals surface area contributed by atoms with Crippen molar-refractivity contribution in [1.29, 1.82) is 0 Å². The molecule has 1 aliphatic heterocycles. The molecule has 1 aliphatic rings. The number of hydrazine groups is 1. The summed E-state index contributed by atoms with van der Waals surface area (Å²) in [5.41, 5.74) is 7.48. The zero-order valence-corrected chi connectivity index (χ0v) is 20.9. The van der Waals surface area contributed by atoms with Gasteiger partial charge in [0.25, 0.3) is 10.0 Å². The molecule has 3 aromatic rings. The maximum atomic E-state index is 13.4. The van der Waals surface area contributed by atoms with Gasteiger partial charge in [0.15, 0.2) is 0 Å². The second-order valence-corrected chi connectivity index (χ2v) is 10.7. The number of ether oxygens (including phenoxy) is 1. The molecule has 0 atom stereocenters. The molecule has 1 fully saturated rings. The standard InChI is InChI=1S/C26H32N4O4S/c1-19-10-12-29(13-11-19)26(31)30(18-21-5-3-4-20(14-21)17-27)28-35(32,33)25-9-7-22-15-24(34-2)8-6-23(22)16-25/h3-9,14-16,19,28H,10-13,17-18,27H2,1-2H3. The number of methoxy groups -OCH3 is 1. The van der Waals surface area contributed by atoms with Crippen LogP contribution in [-0.4, -0.2) is 44.6 Å². The molecule has 4 rings (SSSR count). The highest BCUT2D eigenvalue weighted by Gasteiger charge is 2.29. The lowest BCUT2D eigenvalue weighted by Crippen LogP contribution is -2.53. The molecule has 0 aliphatic carbocycles. The van der Waals surface area contributed by atoms with Gasteiger partial charge in [-0.05, 0) is 64.9 Å². The Morgan fingerprint density at radius 1 is 1.06 bits per heavy atom. The van der Waals surface area contributed by atoms with Crippen LogP contribution in [0.4, 0.5) is 4.79 Å². The van der Waals surface area contributed by atoms with Crippen molar-refractivity contribution in [3.8, 4) is 5.75 Å². The number of nitrogens with one attached hydrogen (secondary N) is 1. The minimum absolute atomic E-state index is 0.0796. The van der Waals surface area contributed by atoms with Gasteiger partial charge < -0.3 is 15.4 Å². The monoisotopic (exact) mass is 496 g/mol. The van der Waals surface area contributed by atoms with Crippen molar-refractivity contribution in [1.82, 2.24) is 14.7 Å². The minimum atomic E-state index is -4.02. The van der Waals surface area contributed by atoms with E-state index in [1.165, 1.54) is 11.1 Å². The van der Waals surface area contributed by atoms with E-state index in [4.69, 9.17) is 10.5 Å². The fourth-order valence-corrected chi connectivity index (χ4v) is 5.31. The highest BCUT2D eigenvalue weighted by Crippen LogP contribution is 2.24. The zero-order valence-electron chi connectivity index (χ0n) is 20.1. The maximum absolute atomic E-state index is 13.4. The molecule has 1 saturated heterocycles. The van der Waals surface area contributed by atoms with Gasteiger partial charge in [0.2, 0.25) is 0 Å². The van der Waals surface area contributed by atoms with Gasteiger partial charge in [0.1, 0.15) is 5.75 Å². The van der Waals surface area contributed by atoms with Crippen molar-refractivity contribution in [3.05, 3.63) is 71.8 Å². The second-order valence-electron chi connectivity index (χ2n) is 9.03. The normalized spacial score (nSPS) is 14.8. The first-order chi connectivity index (χ1) is 16.8. The fourth-order valence-electron chi connectivity index (χ4n) is 4.24. The molecule has 0 spiro atoms. The molecule has 186 valence electrons. The predicted molar refractivity (Wildman–Crippen MR) is 136 cm³/mol. The Kier molecular flexibility index (Phi) is 7.59. The Morgan fingerprint density at radius 2 is 1.74 bits per heavy atom. The van der Waals surface area contributed by atoms with E-state index < -0.39 is 10.0 Å². The number of nitrogens with zero attached hydrogens (tertiary/aromatic N) is 2. The van der Waals surface area contributed by atoms with E-state index >= 15 is 0 Å². The van der Waals surface area contributed by atoms with Gasteiger partial charge in [-0.1, -0.05) is 43.3 Å². The molecular weight excluding hydrogens is 464 g/mol. The summed E-state index contributed by atoms with van der Waals surface area (Å²) in [4.78, 5) is 17.8. The number of likely N-dealkylation sites (tertiary alicyclic amines) is 1. The van der Waals surface area contributed by atoms with E-state index in [0.717, 1.165) is 34.7 Å². The number of hydrogen-bond donors (Lipinski definition) is 2. The van der Waals surface area contributed by atoms with Crippen molar-refractivity contribution >= 4 is 26.8 Å². The molecule has 0 unspecified atom stereocenters. The van der Waals surface area contributed by atoms with Crippen LogP contribution in [0.3, 0.4) is 0 Å². The summed E-state index contributed by atoms with van der Waals surface area (Å²) in [5.74, 6) is 1.24. The molecule has 0 bridgehead atoms. The van der Waals surface area contributed by atoms with Crippen molar-refractivity contribution in [2.75, 3.05) is 20.2 Å². The summed E-state index contributed by atoms with van der Waals surface area (Å²) >= 11 is 0. The van der Waals surface area contributed by atoms with Crippen LogP contribution in [0.2, 0.25) is 0 Å². The Balaban J connectivity index is 1.62. The average molecular weight is 497 g/mol. The third-order valence-corrected chi connectivity index (χ3v) is 7.75. The third-order valence-electron chi connectivity index (χ3n) is 6.41. The van der Waals surface area contributed by atoms with Crippen LogP contribution in [-0.2, 0) is 23.1 Å². The lowest BCUT2D eigenvalue weighted by Gasteiger charge is -2.34. The van der Waals surface area contributed by atoms with Gasteiger partial charge in [-0.15, -0.1) is 4.83 Å². The Bertz CT molecular complexity index is 1300. The van der Waals surface area contributed by atoms with E-state index in [1.807, 2.05) is 36.4 Å². The van der Waals surface area contributed by atoms with Gasteiger partial charge in [-0.2, -0.15) is 0 Å². The van der Waals surface area contributed by atoms with Crippen molar-refractivity contribution in [2.24, 2.45) is 11.7 Å². The first-order valence-electron chi connectivity index (χ1n) is 11.7. The number of nitrogens with two attached hydrogens (primary N) is 1. The highest BCUT2D eigenvalue weighted by molar-refractivity contribution is 7.89. The third kappa shape index (κ3) is 5.93. The lowest BCUT2D eigenvalue weighted by atomic mass is 10.00. The van der Waals surface area contributed by atoms with Crippen molar-refractivity contribution in [3.63, 3.8) is 0 Å². The first-order valence-corrected chi connectivity index (χ1v) is 13.2. The summed E-state index contributed by atoms with van der Waals surface area (Å²) in [6.45, 7) is 3.80. The number of amides is 2. The van der Waals surface area contributed by atoms with E-state index in [0.29, 0.717) is 31.3 Å². The molecule has 9 heteroatoms. The summed E-state index contributed by atoms with van der Waals surface area (Å²) in [6.07, 6.45) is 1.78. The predicted octanol–water partition coefficient (Wildman–Crippen LogP) is 3.85. The quantitative estimate of drug-likeness (QED) is 0.484. The summed E-state index contributed by atoms with van der Waals surface area (Å²) in [6, 6.07) is 17.4. The molecule has 35 heavy (non-hydrogen) atoms. The van der Waals surface area contributed by atoms with E-state index in [-0.39, 0.29) is 17.5 Å². The Morgan fingerprint density at radius 3 is 2.46 bits per heavy atom. The molecule has 1 heterocycles. The number of sulfonamides is 1. The smallest absolute Gasteiger partial charge is 0.335 e. The number of rotatable bonds is 7.